The number of urea groups is 1. The van der Waals surface area contributed by atoms with Crippen LogP contribution in [-0.2, 0) is 35.3 Å². The van der Waals surface area contributed by atoms with Gasteiger partial charge >= 0.3 is 12.1 Å². The second kappa shape index (κ2) is 19.2. The number of primary amides is 1. The molecule has 16 nitrogen and oxygen atoms in total. The molecule has 0 aromatic heterocycles. The zero-order valence-corrected chi connectivity index (χ0v) is 25.9. The second-order valence-electron chi connectivity index (χ2n) is 10.8. The van der Waals surface area contributed by atoms with Gasteiger partial charge in [-0.1, -0.05) is 32.4 Å². The number of hydrogen-bond donors (Lipinski definition) is 7. The van der Waals surface area contributed by atoms with Crippen LogP contribution in [0.4, 0.5) is 15.3 Å². The minimum atomic E-state index is -1.02. The number of hydrogen-bond acceptors (Lipinski definition) is 9. The minimum Gasteiger partial charge on any atom is -0.444 e. The van der Waals surface area contributed by atoms with Crippen molar-refractivity contribution in [1.82, 2.24) is 26.2 Å². The van der Waals surface area contributed by atoms with Crippen molar-refractivity contribution in [3.05, 3.63) is 42.0 Å². The second-order valence-corrected chi connectivity index (χ2v) is 10.8. The largest absolute Gasteiger partial charge is 0.444 e. The van der Waals surface area contributed by atoms with Crippen LogP contribution in [0.1, 0.15) is 57.9 Å². The molecule has 1 aromatic carbocycles. The first kappa shape index (κ1) is 36.9. The van der Waals surface area contributed by atoms with Gasteiger partial charge in [-0.25, -0.2) is 9.59 Å². The Labute approximate surface area is 266 Å². The summed E-state index contributed by atoms with van der Waals surface area (Å²) in [4.78, 5) is 86.0. The topological polar surface area (TPSA) is 242 Å². The molecule has 1 heterocycles. The maximum absolute atomic E-state index is 13.3. The number of nitrogens with two attached hydrogens (primary N) is 1. The monoisotopic (exact) mass is 642 g/mol. The van der Waals surface area contributed by atoms with Crippen LogP contribution in [0.3, 0.4) is 0 Å². The Morgan fingerprint density at radius 2 is 1.61 bits per heavy atom. The van der Waals surface area contributed by atoms with E-state index in [1.165, 1.54) is 12.2 Å². The van der Waals surface area contributed by atoms with Crippen molar-refractivity contribution in [2.75, 3.05) is 18.4 Å². The molecule has 0 radical (unpaired) electrons. The Bertz CT molecular complexity index is 1280. The van der Waals surface area contributed by atoms with Crippen molar-refractivity contribution in [2.45, 2.75) is 71.1 Å². The quantitative estimate of drug-likeness (QED) is 0.0496. The number of anilines is 1. The SMILES string of the molecule is CC(C)[C@H](NC(=O)CCCCCN1C(=O)C=CC1=O)C(=O)N[C@@H](CCCNC(N)=O)C(=O)Nc1ccc(COC(=O)NC=N)cc1. The van der Waals surface area contributed by atoms with Crippen LogP contribution in [0.5, 0.6) is 0 Å². The van der Waals surface area contributed by atoms with E-state index in [2.05, 4.69) is 26.6 Å². The highest BCUT2D eigenvalue weighted by molar-refractivity contribution is 6.12. The molecule has 8 amide bonds. The molecule has 16 heteroatoms. The molecule has 46 heavy (non-hydrogen) atoms. The van der Waals surface area contributed by atoms with Crippen LogP contribution in [0.25, 0.3) is 0 Å². The number of rotatable bonds is 19. The van der Waals surface area contributed by atoms with Crippen LogP contribution in [0.15, 0.2) is 36.4 Å². The van der Waals surface area contributed by atoms with E-state index >= 15 is 0 Å². The molecule has 1 aliphatic heterocycles. The molecule has 0 unspecified atom stereocenters. The Balaban J connectivity index is 1.94. The molecule has 0 fully saturated rings. The molecule has 0 spiro atoms. The Morgan fingerprint density at radius 3 is 2.22 bits per heavy atom. The first-order chi connectivity index (χ1) is 21.9. The first-order valence-electron chi connectivity index (χ1n) is 14.9. The molecule has 250 valence electrons. The summed E-state index contributed by atoms with van der Waals surface area (Å²) in [6, 6.07) is 3.78. The molecule has 2 rings (SSSR count). The third kappa shape index (κ3) is 13.2. The lowest BCUT2D eigenvalue weighted by Crippen LogP contribution is -2.54. The highest BCUT2D eigenvalue weighted by atomic mass is 16.5. The Morgan fingerprint density at radius 1 is 0.935 bits per heavy atom. The number of unbranched alkanes of at least 4 members (excludes halogenated alkanes) is 2. The smallest absolute Gasteiger partial charge is 0.412 e. The highest BCUT2D eigenvalue weighted by Gasteiger charge is 2.29. The Hall–Kier alpha value is -5.28. The summed E-state index contributed by atoms with van der Waals surface area (Å²) in [7, 11) is 0. The average molecular weight is 643 g/mol. The number of imide groups is 1. The van der Waals surface area contributed by atoms with Gasteiger partial charge in [0, 0.05) is 37.3 Å². The normalized spacial score (nSPS) is 13.5. The fourth-order valence-corrected chi connectivity index (χ4v) is 4.38. The van der Waals surface area contributed by atoms with E-state index in [1.807, 2.05) is 0 Å². The number of carbonyl (C=O) groups excluding carboxylic acids is 7. The van der Waals surface area contributed by atoms with Gasteiger partial charge in [-0.15, -0.1) is 0 Å². The number of ether oxygens (including phenoxy) is 1. The zero-order valence-electron chi connectivity index (χ0n) is 25.9. The van der Waals surface area contributed by atoms with Crippen LogP contribution < -0.4 is 32.3 Å². The molecular weight excluding hydrogens is 600 g/mol. The van der Waals surface area contributed by atoms with E-state index in [1.54, 1.807) is 38.1 Å². The van der Waals surface area contributed by atoms with E-state index in [0.717, 1.165) is 4.90 Å². The van der Waals surface area contributed by atoms with Gasteiger partial charge in [-0.3, -0.25) is 39.6 Å². The molecule has 1 aromatic rings. The summed E-state index contributed by atoms with van der Waals surface area (Å²) >= 11 is 0. The lowest BCUT2D eigenvalue weighted by atomic mass is 10.0. The third-order valence-electron chi connectivity index (χ3n) is 6.83. The molecule has 8 N–H and O–H groups in total. The lowest BCUT2D eigenvalue weighted by Gasteiger charge is -2.25. The number of alkyl carbamates (subject to hydrolysis) is 1. The van der Waals surface area contributed by atoms with E-state index in [0.29, 0.717) is 43.3 Å². The number of nitrogens with one attached hydrogen (secondary N) is 6. The van der Waals surface area contributed by atoms with Crippen molar-refractivity contribution in [2.24, 2.45) is 11.7 Å². The Kier molecular flexibility index (Phi) is 15.4. The summed E-state index contributed by atoms with van der Waals surface area (Å²) < 4.78 is 4.94. The summed E-state index contributed by atoms with van der Waals surface area (Å²) in [6.45, 7) is 3.91. The lowest BCUT2D eigenvalue weighted by molar-refractivity contribution is -0.137. The molecule has 0 bridgehead atoms. The van der Waals surface area contributed by atoms with E-state index in [4.69, 9.17) is 15.9 Å². The minimum absolute atomic E-state index is 0.0555. The predicted octanol–water partition coefficient (Wildman–Crippen LogP) is 1.02. The number of benzene rings is 1. The number of carbonyl (C=O) groups is 7. The fraction of sp³-hybridized carbons (Fsp3) is 0.467. The average Bonchev–Trinajstić information content (AvgIpc) is 3.32. The maximum Gasteiger partial charge on any atom is 0.412 e. The maximum atomic E-state index is 13.3. The van der Waals surface area contributed by atoms with Crippen molar-refractivity contribution < 1.29 is 38.3 Å². The van der Waals surface area contributed by atoms with Crippen LogP contribution >= 0.6 is 0 Å². The van der Waals surface area contributed by atoms with Crippen LogP contribution in [0, 0.1) is 11.3 Å². The zero-order chi connectivity index (χ0) is 34.1. The van der Waals surface area contributed by atoms with Gasteiger partial charge in [0.15, 0.2) is 0 Å². The van der Waals surface area contributed by atoms with E-state index in [-0.39, 0.29) is 56.2 Å². The van der Waals surface area contributed by atoms with Crippen LogP contribution in [0.2, 0.25) is 0 Å². The summed E-state index contributed by atoms with van der Waals surface area (Å²) in [5.74, 6) is -2.44. The van der Waals surface area contributed by atoms with E-state index in [9.17, 15) is 33.6 Å². The third-order valence-corrected chi connectivity index (χ3v) is 6.83. The van der Waals surface area contributed by atoms with Crippen molar-refractivity contribution in [3.63, 3.8) is 0 Å². The summed E-state index contributed by atoms with van der Waals surface area (Å²) in [5, 5.41) is 19.5. The first-order valence-corrected chi connectivity index (χ1v) is 14.9. The van der Waals surface area contributed by atoms with Gasteiger partial charge in [0.25, 0.3) is 11.8 Å². The predicted molar refractivity (Wildman–Crippen MR) is 167 cm³/mol. The highest BCUT2D eigenvalue weighted by Crippen LogP contribution is 2.13. The van der Waals surface area contributed by atoms with Gasteiger partial charge in [0.05, 0.1) is 6.34 Å². The molecule has 0 saturated carbocycles. The van der Waals surface area contributed by atoms with E-state index < -0.39 is 36.0 Å². The fourth-order valence-electron chi connectivity index (χ4n) is 4.38. The molecule has 2 atom stereocenters. The molecule has 0 saturated heterocycles. The summed E-state index contributed by atoms with van der Waals surface area (Å²) in [6.07, 6.45) is 4.60. The van der Waals surface area contributed by atoms with Gasteiger partial charge in [-0.05, 0) is 49.3 Å². The summed E-state index contributed by atoms with van der Waals surface area (Å²) in [5.41, 5.74) is 6.16. The molecule has 1 aliphatic rings. The number of amides is 8. The van der Waals surface area contributed by atoms with Crippen molar-refractivity contribution in [3.8, 4) is 0 Å². The number of nitrogens with zero attached hydrogens (tertiary/aromatic N) is 1. The van der Waals surface area contributed by atoms with Gasteiger partial charge in [0.1, 0.15) is 18.7 Å². The molecular formula is C30H42N8O8. The van der Waals surface area contributed by atoms with Crippen molar-refractivity contribution in [1.29, 1.82) is 5.41 Å². The van der Waals surface area contributed by atoms with Gasteiger partial charge in [-0.2, -0.15) is 0 Å². The van der Waals surface area contributed by atoms with Crippen LogP contribution in [-0.4, -0.2) is 78.1 Å². The van der Waals surface area contributed by atoms with Crippen molar-refractivity contribution >= 4 is 53.7 Å². The molecule has 0 aliphatic carbocycles. The standard InChI is InChI=1S/C30H42N8O8/c1-19(2)26(37-23(39)8-4-3-5-16-38-24(40)13-14-25(38)41)28(43)36-22(7-6-15-33-29(32)44)27(42)35-21-11-9-20(10-12-21)17-46-30(45)34-18-31/h9-14,18-19,22,26H,3-8,15-17H2,1-2H3,(H,35,42)(H,36,43)(H,37,39)(H2,31,34,45)(H3,32,33,44)/t22-,26-/m0/s1. The van der Waals surface area contributed by atoms with Gasteiger partial charge in [0.2, 0.25) is 17.7 Å². The van der Waals surface area contributed by atoms with Gasteiger partial charge < -0.3 is 31.7 Å².